The molecule has 0 fully saturated rings. The molecule has 0 bridgehead atoms. The number of nitrogens with zero attached hydrogens (tertiary/aromatic N) is 2. The van der Waals surface area contributed by atoms with Gasteiger partial charge in [0.2, 0.25) is 5.91 Å². The molecule has 0 spiro atoms. The first kappa shape index (κ1) is 19.6. The van der Waals surface area contributed by atoms with Crippen molar-refractivity contribution in [1.29, 1.82) is 5.26 Å². The largest absolute Gasteiger partial charge is 0.336 e. The van der Waals surface area contributed by atoms with Crippen molar-refractivity contribution in [2.45, 2.75) is 12.5 Å². The van der Waals surface area contributed by atoms with Crippen molar-refractivity contribution in [3.8, 4) is 6.07 Å². The fraction of sp³-hybridized carbons (Fsp3) is 0.111. The van der Waals surface area contributed by atoms with Crippen molar-refractivity contribution in [3.63, 3.8) is 0 Å². The van der Waals surface area contributed by atoms with Gasteiger partial charge in [-0.3, -0.25) is 14.9 Å². The van der Waals surface area contributed by atoms with E-state index in [4.69, 9.17) is 0 Å². The van der Waals surface area contributed by atoms with Crippen molar-refractivity contribution in [2.75, 3.05) is 5.32 Å². The van der Waals surface area contributed by atoms with Crippen molar-refractivity contribution >= 4 is 39.6 Å². The molecular formula is C18H12F2N4O2S2. The van der Waals surface area contributed by atoms with Gasteiger partial charge < -0.3 is 5.32 Å². The van der Waals surface area contributed by atoms with E-state index in [1.807, 2.05) is 0 Å². The molecule has 0 aliphatic heterocycles. The van der Waals surface area contributed by atoms with Crippen LogP contribution in [0.1, 0.15) is 27.0 Å². The van der Waals surface area contributed by atoms with E-state index in [1.165, 1.54) is 11.3 Å². The number of hydrogen-bond donors (Lipinski definition) is 2. The third-order valence-electron chi connectivity index (χ3n) is 3.57. The number of anilines is 1. The Bertz CT molecular complexity index is 1040. The second-order valence-electron chi connectivity index (χ2n) is 5.55. The summed E-state index contributed by atoms with van der Waals surface area (Å²) in [4.78, 5) is 28.9. The van der Waals surface area contributed by atoms with Gasteiger partial charge >= 0.3 is 0 Å². The summed E-state index contributed by atoms with van der Waals surface area (Å²) in [6.45, 7) is 0. The highest BCUT2D eigenvalue weighted by atomic mass is 32.1. The number of carbonyl (C=O) groups is 2. The number of halogens is 2. The van der Waals surface area contributed by atoms with Gasteiger partial charge in [0.25, 0.3) is 5.91 Å². The molecule has 1 atom stereocenters. The maximum Gasteiger partial charge on any atom is 0.267 e. The standard InChI is InChI=1S/C18H12F2N4O2S2/c19-10-3-4-12(13(20)6-10)14(8-21)23-16(25)7-11-9-28-18(22-11)24-17(26)15-2-1-5-27-15/h1-6,9,14H,7H2,(H,23,25)(H,22,24,26). The van der Waals surface area contributed by atoms with E-state index < -0.39 is 23.6 Å². The van der Waals surface area contributed by atoms with E-state index in [2.05, 4.69) is 15.6 Å². The molecule has 2 heterocycles. The minimum atomic E-state index is -1.26. The van der Waals surface area contributed by atoms with Gasteiger partial charge in [-0.05, 0) is 17.5 Å². The van der Waals surface area contributed by atoms with Gasteiger partial charge in [0, 0.05) is 17.0 Å². The molecule has 2 amide bonds. The Morgan fingerprint density at radius 2 is 2.07 bits per heavy atom. The second-order valence-corrected chi connectivity index (χ2v) is 7.35. The summed E-state index contributed by atoms with van der Waals surface area (Å²) in [6, 6.07) is 6.72. The number of carbonyl (C=O) groups excluding carboxylic acids is 2. The second kappa shape index (κ2) is 8.69. The fourth-order valence-corrected chi connectivity index (χ4v) is 3.63. The topological polar surface area (TPSA) is 94.9 Å². The summed E-state index contributed by atoms with van der Waals surface area (Å²) in [7, 11) is 0. The number of nitrogens with one attached hydrogen (secondary N) is 2. The number of benzene rings is 1. The molecule has 0 saturated carbocycles. The lowest BCUT2D eigenvalue weighted by Gasteiger charge is -2.12. The maximum atomic E-state index is 13.8. The third-order valence-corrected chi connectivity index (χ3v) is 5.24. The smallest absolute Gasteiger partial charge is 0.267 e. The highest BCUT2D eigenvalue weighted by Gasteiger charge is 2.19. The zero-order valence-corrected chi connectivity index (χ0v) is 15.7. The number of aromatic nitrogens is 1. The van der Waals surface area contributed by atoms with E-state index in [-0.39, 0.29) is 17.9 Å². The lowest BCUT2D eigenvalue weighted by atomic mass is 10.1. The van der Waals surface area contributed by atoms with Crippen molar-refractivity contribution < 1.29 is 18.4 Å². The third kappa shape index (κ3) is 4.76. The molecule has 2 N–H and O–H groups in total. The number of thiophene rings is 1. The SMILES string of the molecule is N#CC(NC(=O)Cc1csc(NC(=O)c2cccs2)n1)c1ccc(F)cc1F. The molecule has 0 radical (unpaired) electrons. The average Bonchev–Trinajstić information content (AvgIpc) is 3.32. The first-order valence-corrected chi connectivity index (χ1v) is 9.65. The van der Waals surface area contributed by atoms with E-state index in [0.717, 1.165) is 23.5 Å². The zero-order chi connectivity index (χ0) is 20.1. The monoisotopic (exact) mass is 418 g/mol. The molecule has 3 rings (SSSR count). The van der Waals surface area contributed by atoms with Crippen LogP contribution in [0.25, 0.3) is 0 Å². The summed E-state index contributed by atoms with van der Waals surface area (Å²) in [5.41, 5.74) is 0.264. The highest BCUT2D eigenvalue weighted by molar-refractivity contribution is 7.14. The number of hydrogen-bond acceptors (Lipinski definition) is 6. The van der Waals surface area contributed by atoms with Crippen LogP contribution < -0.4 is 10.6 Å². The molecule has 0 saturated heterocycles. The van der Waals surface area contributed by atoms with Crippen LogP contribution in [0.4, 0.5) is 13.9 Å². The minimum Gasteiger partial charge on any atom is -0.336 e. The van der Waals surface area contributed by atoms with Crippen molar-refractivity contribution in [3.05, 3.63) is 68.9 Å². The lowest BCUT2D eigenvalue weighted by Crippen LogP contribution is -2.29. The van der Waals surface area contributed by atoms with Gasteiger partial charge in [-0.15, -0.1) is 22.7 Å². The van der Waals surface area contributed by atoms with Crippen LogP contribution in [0.5, 0.6) is 0 Å². The van der Waals surface area contributed by atoms with Crippen molar-refractivity contribution in [1.82, 2.24) is 10.3 Å². The van der Waals surface area contributed by atoms with E-state index in [9.17, 15) is 23.6 Å². The first-order chi connectivity index (χ1) is 13.5. The molecule has 2 aromatic heterocycles. The molecule has 6 nitrogen and oxygen atoms in total. The van der Waals surface area contributed by atoms with E-state index in [0.29, 0.717) is 21.8 Å². The Balaban J connectivity index is 1.61. The number of thiazole rings is 1. The Labute approximate surface area is 166 Å². The Hall–Kier alpha value is -3.16. The Morgan fingerprint density at radius 3 is 2.75 bits per heavy atom. The fourth-order valence-electron chi connectivity index (χ4n) is 2.30. The van der Waals surface area contributed by atoms with Crippen LogP contribution in [0.3, 0.4) is 0 Å². The van der Waals surface area contributed by atoms with Crippen LogP contribution in [0.15, 0.2) is 41.1 Å². The lowest BCUT2D eigenvalue weighted by molar-refractivity contribution is -0.120. The molecule has 3 aromatic rings. The number of nitriles is 1. The summed E-state index contributed by atoms with van der Waals surface area (Å²) in [5, 5.41) is 17.9. The van der Waals surface area contributed by atoms with Gasteiger partial charge in [-0.25, -0.2) is 13.8 Å². The van der Waals surface area contributed by atoms with Crippen LogP contribution in [0.2, 0.25) is 0 Å². The molecule has 1 aromatic carbocycles. The number of amides is 2. The minimum absolute atomic E-state index is 0.126. The van der Waals surface area contributed by atoms with E-state index in [1.54, 1.807) is 29.0 Å². The number of rotatable bonds is 6. The van der Waals surface area contributed by atoms with Crippen LogP contribution in [-0.4, -0.2) is 16.8 Å². The summed E-state index contributed by atoms with van der Waals surface area (Å²) >= 11 is 2.45. The summed E-state index contributed by atoms with van der Waals surface area (Å²) in [6.07, 6.45) is -0.160. The van der Waals surface area contributed by atoms with E-state index >= 15 is 0 Å². The van der Waals surface area contributed by atoms with Crippen LogP contribution in [0, 0.1) is 23.0 Å². The molecular weight excluding hydrogens is 406 g/mol. The Kier molecular flexibility index (Phi) is 6.08. The maximum absolute atomic E-state index is 13.8. The molecule has 1 unspecified atom stereocenters. The predicted molar refractivity (Wildman–Crippen MR) is 101 cm³/mol. The summed E-state index contributed by atoms with van der Waals surface area (Å²) in [5.74, 6) is -2.55. The normalized spacial score (nSPS) is 11.5. The predicted octanol–water partition coefficient (Wildman–Crippen LogP) is 3.66. The summed E-state index contributed by atoms with van der Waals surface area (Å²) < 4.78 is 26.8. The molecule has 142 valence electrons. The molecule has 0 aliphatic rings. The van der Waals surface area contributed by atoms with Crippen LogP contribution in [-0.2, 0) is 11.2 Å². The average molecular weight is 418 g/mol. The highest BCUT2D eigenvalue weighted by Crippen LogP contribution is 2.20. The Morgan fingerprint density at radius 1 is 1.25 bits per heavy atom. The first-order valence-electron chi connectivity index (χ1n) is 7.89. The van der Waals surface area contributed by atoms with Crippen molar-refractivity contribution in [2.24, 2.45) is 0 Å². The quantitative estimate of drug-likeness (QED) is 0.639. The van der Waals surface area contributed by atoms with Gasteiger partial charge in [-0.2, -0.15) is 5.26 Å². The molecule has 28 heavy (non-hydrogen) atoms. The molecule has 10 heteroatoms. The zero-order valence-electron chi connectivity index (χ0n) is 14.1. The molecule has 0 aliphatic carbocycles. The van der Waals surface area contributed by atoms with Crippen LogP contribution >= 0.6 is 22.7 Å². The van der Waals surface area contributed by atoms with Gasteiger partial charge in [0.05, 0.1) is 23.1 Å². The van der Waals surface area contributed by atoms with Gasteiger partial charge in [0.1, 0.15) is 17.7 Å². The van der Waals surface area contributed by atoms with Gasteiger partial charge in [-0.1, -0.05) is 12.1 Å². The van der Waals surface area contributed by atoms with Gasteiger partial charge in [0.15, 0.2) is 5.13 Å².